The molecule has 0 bridgehead atoms. The van der Waals surface area contributed by atoms with Crippen molar-refractivity contribution in [3.05, 3.63) is 48.6 Å². The Bertz CT molecular complexity index is 1230. The van der Waals surface area contributed by atoms with Gasteiger partial charge in [0, 0.05) is 48.6 Å². The van der Waals surface area contributed by atoms with Crippen LogP contribution in [0.2, 0.25) is 0 Å². The van der Waals surface area contributed by atoms with E-state index in [-0.39, 0.29) is 45.2 Å². The molecule has 4 rings (SSSR count). The third-order valence-electron chi connectivity index (χ3n) is 7.13. The van der Waals surface area contributed by atoms with Crippen LogP contribution in [0, 0.1) is 0 Å². The van der Waals surface area contributed by atoms with Gasteiger partial charge in [0.15, 0.2) is 11.3 Å². The second-order valence-corrected chi connectivity index (χ2v) is 9.80. The molecule has 0 spiro atoms. The molecule has 0 saturated heterocycles. The van der Waals surface area contributed by atoms with E-state index in [0.29, 0.717) is 32.4 Å². The SMILES string of the molecule is CCCCC(C(=O)[O-])(N1C(=O)C=CC1=O)N1C(=O)C=CC1=O.CCCCC(C(=O)[O-])(N1C(=O)C=CC1=O)N1C(=O)C=CC1=O.[Zn+2]. The number of unbranched alkanes of at least 4 members (excludes halogenated alkanes) is 2. The molecule has 0 atom stereocenters. The monoisotopic (exact) mass is 674 g/mol. The maximum absolute atomic E-state index is 11.9. The van der Waals surface area contributed by atoms with Crippen LogP contribution in [0.5, 0.6) is 0 Å². The van der Waals surface area contributed by atoms with Gasteiger partial charge in [-0.25, -0.2) is 19.6 Å². The molecule has 0 aromatic rings. The van der Waals surface area contributed by atoms with Gasteiger partial charge in [-0.15, -0.1) is 0 Å². The van der Waals surface area contributed by atoms with E-state index in [1.165, 1.54) is 0 Å². The Morgan fingerprint density at radius 2 is 0.667 bits per heavy atom. The molecule has 4 aliphatic heterocycles. The van der Waals surface area contributed by atoms with Crippen LogP contribution in [-0.2, 0) is 67.4 Å². The van der Waals surface area contributed by atoms with E-state index in [9.17, 15) is 58.2 Å². The van der Waals surface area contributed by atoms with Gasteiger partial charge in [-0.05, 0) is 25.7 Å². The number of carbonyl (C=O) groups is 10. The molecule has 0 unspecified atom stereocenters. The van der Waals surface area contributed by atoms with Gasteiger partial charge in [0.2, 0.25) is 0 Å². The Labute approximate surface area is 268 Å². The van der Waals surface area contributed by atoms with E-state index in [1.54, 1.807) is 13.8 Å². The molecular formula is C28H26N4O12Zn. The standard InChI is InChI=1S/2C14H14N2O6.Zn/c2*1-2-3-8-14(13(21)22,15-9(17)4-5-10(15)18)16-11(19)6-7-12(16)20;/h2*4-7H,2-3,8H2,1H3,(H,21,22);/q;;+2/p-2. The number of carboxylic acids is 2. The van der Waals surface area contributed by atoms with Gasteiger partial charge in [0.25, 0.3) is 47.3 Å². The third kappa shape index (κ3) is 6.20. The maximum Gasteiger partial charge on any atom is 2.00 e. The van der Waals surface area contributed by atoms with Crippen molar-refractivity contribution in [1.29, 1.82) is 0 Å². The topological polar surface area (TPSA) is 230 Å². The van der Waals surface area contributed by atoms with E-state index >= 15 is 0 Å². The van der Waals surface area contributed by atoms with Crippen LogP contribution in [0.25, 0.3) is 0 Å². The van der Waals surface area contributed by atoms with Crippen LogP contribution >= 0.6 is 0 Å². The average molecular weight is 676 g/mol. The first-order valence-corrected chi connectivity index (χ1v) is 13.4. The molecule has 4 heterocycles. The number of hydrogen-bond donors (Lipinski definition) is 0. The molecule has 232 valence electrons. The second kappa shape index (κ2) is 14.2. The fourth-order valence-electron chi connectivity index (χ4n) is 5.12. The first kappa shape index (κ1) is 36.3. The Morgan fingerprint density at radius 1 is 0.489 bits per heavy atom. The summed E-state index contributed by atoms with van der Waals surface area (Å²) in [5.74, 6) is -10.9. The zero-order chi connectivity index (χ0) is 33.0. The van der Waals surface area contributed by atoms with Crippen molar-refractivity contribution in [2.24, 2.45) is 0 Å². The van der Waals surface area contributed by atoms with E-state index in [4.69, 9.17) is 0 Å². The van der Waals surface area contributed by atoms with Gasteiger partial charge in [0.1, 0.15) is 0 Å². The Morgan fingerprint density at radius 3 is 0.800 bits per heavy atom. The summed E-state index contributed by atoms with van der Waals surface area (Å²) in [4.78, 5) is 121. The summed E-state index contributed by atoms with van der Waals surface area (Å²) in [7, 11) is 0. The molecule has 0 aromatic carbocycles. The predicted octanol–water partition coefficient (Wildman–Crippen LogP) is -3.06. The molecule has 0 aliphatic carbocycles. The number of imide groups is 4. The maximum atomic E-state index is 11.9. The molecule has 17 heteroatoms. The van der Waals surface area contributed by atoms with Gasteiger partial charge in [-0.2, -0.15) is 0 Å². The normalized spacial score (nSPS) is 17.6. The Balaban J connectivity index is 0.000000307. The molecule has 45 heavy (non-hydrogen) atoms. The van der Waals surface area contributed by atoms with Crippen molar-refractivity contribution in [2.75, 3.05) is 0 Å². The van der Waals surface area contributed by atoms with Crippen LogP contribution < -0.4 is 10.2 Å². The number of amides is 8. The molecule has 0 N–H and O–H groups in total. The summed E-state index contributed by atoms with van der Waals surface area (Å²) in [5, 5.41) is 23.6. The number of hydrogen-bond acceptors (Lipinski definition) is 12. The number of aliphatic carboxylic acids is 2. The van der Waals surface area contributed by atoms with Crippen molar-refractivity contribution in [2.45, 2.75) is 63.7 Å². The Hall–Kier alpha value is -4.92. The minimum atomic E-state index is -2.45. The van der Waals surface area contributed by atoms with E-state index in [0.717, 1.165) is 48.6 Å². The molecule has 0 aromatic heterocycles. The summed E-state index contributed by atoms with van der Waals surface area (Å²) in [6.07, 6.45) is 8.16. The van der Waals surface area contributed by atoms with Crippen LogP contribution in [0.1, 0.15) is 52.4 Å². The molecule has 0 saturated carbocycles. The molecule has 8 amide bonds. The number of carbonyl (C=O) groups excluding carboxylic acids is 10. The summed E-state index contributed by atoms with van der Waals surface area (Å²) in [6.45, 7) is 3.52. The van der Waals surface area contributed by atoms with Gasteiger partial charge in [-0.3, -0.25) is 38.4 Å². The van der Waals surface area contributed by atoms with Gasteiger partial charge in [-0.1, -0.05) is 26.7 Å². The van der Waals surface area contributed by atoms with Gasteiger partial charge >= 0.3 is 19.5 Å². The van der Waals surface area contributed by atoms with Crippen molar-refractivity contribution in [3.8, 4) is 0 Å². The minimum Gasteiger partial charge on any atom is -0.545 e. The molecule has 0 radical (unpaired) electrons. The number of rotatable bonds is 12. The number of carboxylic acid groups (broad SMARTS) is 2. The minimum absolute atomic E-state index is 0. The van der Waals surface area contributed by atoms with Crippen LogP contribution in [0.3, 0.4) is 0 Å². The van der Waals surface area contributed by atoms with Crippen molar-refractivity contribution < 1.29 is 77.6 Å². The summed E-state index contributed by atoms with van der Waals surface area (Å²) in [5.41, 5.74) is -4.91. The summed E-state index contributed by atoms with van der Waals surface area (Å²) >= 11 is 0. The summed E-state index contributed by atoms with van der Waals surface area (Å²) < 4.78 is 0. The quantitative estimate of drug-likeness (QED) is 0.148. The van der Waals surface area contributed by atoms with E-state index < -0.39 is 70.5 Å². The largest absolute Gasteiger partial charge is 2.00 e. The Kier molecular flexibility index (Phi) is 11.5. The second-order valence-electron chi connectivity index (χ2n) is 9.80. The fourth-order valence-corrected chi connectivity index (χ4v) is 5.12. The van der Waals surface area contributed by atoms with Crippen LogP contribution in [0.15, 0.2) is 48.6 Å². The van der Waals surface area contributed by atoms with E-state index in [1.807, 2.05) is 0 Å². The van der Waals surface area contributed by atoms with Crippen LogP contribution in [0.4, 0.5) is 0 Å². The van der Waals surface area contributed by atoms with Crippen molar-refractivity contribution in [3.63, 3.8) is 0 Å². The van der Waals surface area contributed by atoms with Gasteiger partial charge < -0.3 is 19.8 Å². The first-order valence-electron chi connectivity index (χ1n) is 13.4. The molecule has 4 aliphatic rings. The third-order valence-corrected chi connectivity index (χ3v) is 7.13. The predicted molar refractivity (Wildman–Crippen MR) is 138 cm³/mol. The molecule has 0 fully saturated rings. The van der Waals surface area contributed by atoms with E-state index in [2.05, 4.69) is 0 Å². The molecule has 16 nitrogen and oxygen atoms in total. The van der Waals surface area contributed by atoms with Gasteiger partial charge in [0.05, 0.1) is 11.9 Å². The summed E-state index contributed by atoms with van der Waals surface area (Å²) in [6, 6.07) is 0. The fraction of sp³-hybridized carbons (Fsp3) is 0.357. The van der Waals surface area contributed by atoms with Crippen molar-refractivity contribution >= 4 is 59.2 Å². The number of nitrogens with zero attached hydrogens (tertiary/aromatic N) is 4. The smallest absolute Gasteiger partial charge is 0.545 e. The molecular weight excluding hydrogens is 650 g/mol. The van der Waals surface area contributed by atoms with Crippen molar-refractivity contribution in [1.82, 2.24) is 19.6 Å². The average Bonchev–Trinajstić information content (AvgIpc) is 3.70. The van der Waals surface area contributed by atoms with Crippen LogP contribution in [-0.4, -0.2) is 90.1 Å². The zero-order valence-corrected chi connectivity index (χ0v) is 27.2. The zero-order valence-electron chi connectivity index (χ0n) is 24.3. The first-order chi connectivity index (χ1) is 20.7.